The van der Waals surface area contributed by atoms with Crippen LogP contribution < -0.4 is 21.3 Å². The van der Waals surface area contributed by atoms with Crippen LogP contribution in [0.15, 0.2) is 48.5 Å². The van der Waals surface area contributed by atoms with Gasteiger partial charge in [0.25, 0.3) is 5.91 Å². The van der Waals surface area contributed by atoms with Gasteiger partial charge in [0.2, 0.25) is 11.8 Å². The van der Waals surface area contributed by atoms with Crippen LogP contribution in [-0.2, 0) is 9.59 Å². The standard InChI is InChI=1S/C22H28N4O3/c1-5-23-20(28)15-8-6-10-17(12-15)25-19(27)14-24-16-9-7-11-18(13-16)26-21(29)22(2,3)4/h6-13,24H,5,14H2,1-4H3,(H,23,28)(H,25,27)(H,26,29). The van der Waals surface area contributed by atoms with Gasteiger partial charge in [-0.1, -0.05) is 32.9 Å². The van der Waals surface area contributed by atoms with Gasteiger partial charge in [-0.2, -0.15) is 0 Å². The second-order valence-electron chi connectivity index (χ2n) is 7.63. The molecule has 0 heterocycles. The molecule has 0 aromatic heterocycles. The minimum Gasteiger partial charge on any atom is -0.376 e. The fourth-order valence-electron chi connectivity index (χ4n) is 2.41. The number of benzene rings is 2. The van der Waals surface area contributed by atoms with Crippen molar-refractivity contribution in [3.63, 3.8) is 0 Å². The van der Waals surface area contributed by atoms with Gasteiger partial charge in [0.05, 0.1) is 6.54 Å². The lowest BCUT2D eigenvalue weighted by Gasteiger charge is -2.18. The molecule has 0 saturated heterocycles. The maximum Gasteiger partial charge on any atom is 0.251 e. The first-order chi connectivity index (χ1) is 13.7. The number of hydrogen-bond donors (Lipinski definition) is 4. The van der Waals surface area contributed by atoms with E-state index >= 15 is 0 Å². The molecular formula is C22H28N4O3. The molecular weight excluding hydrogens is 368 g/mol. The molecule has 0 radical (unpaired) electrons. The Morgan fingerprint density at radius 3 is 2.14 bits per heavy atom. The zero-order chi connectivity index (χ0) is 21.4. The minimum atomic E-state index is -0.494. The van der Waals surface area contributed by atoms with Gasteiger partial charge >= 0.3 is 0 Å². The summed E-state index contributed by atoms with van der Waals surface area (Å²) in [4.78, 5) is 36.2. The Balaban J connectivity index is 1.93. The van der Waals surface area contributed by atoms with Crippen LogP contribution in [0.3, 0.4) is 0 Å². The molecule has 2 aromatic rings. The molecule has 0 atom stereocenters. The third-order valence-electron chi connectivity index (χ3n) is 4.00. The summed E-state index contributed by atoms with van der Waals surface area (Å²) in [5.41, 5.74) is 1.91. The normalized spacial score (nSPS) is 10.8. The third kappa shape index (κ3) is 6.95. The zero-order valence-electron chi connectivity index (χ0n) is 17.3. The largest absolute Gasteiger partial charge is 0.376 e. The molecule has 7 heteroatoms. The van der Waals surface area contributed by atoms with Crippen LogP contribution in [0, 0.1) is 5.41 Å². The van der Waals surface area contributed by atoms with Crippen LogP contribution >= 0.6 is 0 Å². The fraction of sp³-hybridized carbons (Fsp3) is 0.318. The smallest absolute Gasteiger partial charge is 0.251 e. The topological polar surface area (TPSA) is 99.3 Å². The molecule has 0 spiro atoms. The quantitative estimate of drug-likeness (QED) is 0.576. The van der Waals surface area contributed by atoms with E-state index in [2.05, 4.69) is 21.3 Å². The first-order valence-electron chi connectivity index (χ1n) is 9.52. The second kappa shape index (κ2) is 9.73. The maximum absolute atomic E-state index is 12.2. The van der Waals surface area contributed by atoms with Crippen molar-refractivity contribution < 1.29 is 14.4 Å². The molecule has 7 nitrogen and oxygen atoms in total. The highest BCUT2D eigenvalue weighted by Crippen LogP contribution is 2.20. The Morgan fingerprint density at radius 1 is 0.862 bits per heavy atom. The maximum atomic E-state index is 12.2. The molecule has 0 aliphatic heterocycles. The second-order valence-corrected chi connectivity index (χ2v) is 7.63. The van der Waals surface area contributed by atoms with E-state index in [1.54, 1.807) is 42.5 Å². The van der Waals surface area contributed by atoms with Crippen molar-refractivity contribution >= 4 is 34.8 Å². The molecule has 0 saturated carbocycles. The van der Waals surface area contributed by atoms with Gasteiger partial charge in [0.1, 0.15) is 0 Å². The molecule has 154 valence electrons. The van der Waals surface area contributed by atoms with Crippen molar-refractivity contribution in [2.45, 2.75) is 27.7 Å². The minimum absolute atomic E-state index is 0.0437. The summed E-state index contributed by atoms with van der Waals surface area (Å²) < 4.78 is 0. The van der Waals surface area contributed by atoms with Crippen LogP contribution in [0.4, 0.5) is 17.1 Å². The van der Waals surface area contributed by atoms with E-state index in [-0.39, 0.29) is 24.3 Å². The van der Waals surface area contributed by atoms with Gasteiger partial charge in [-0.3, -0.25) is 14.4 Å². The van der Waals surface area contributed by atoms with Gasteiger partial charge in [-0.25, -0.2) is 0 Å². The predicted octanol–water partition coefficient (Wildman–Crippen LogP) is 3.47. The van der Waals surface area contributed by atoms with Crippen molar-refractivity contribution in [1.29, 1.82) is 0 Å². The number of hydrogen-bond acceptors (Lipinski definition) is 4. The molecule has 0 aliphatic carbocycles. The van der Waals surface area contributed by atoms with Crippen LogP contribution in [0.25, 0.3) is 0 Å². The van der Waals surface area contributed by atoms with Crippen LogP contribution in [-0.4, -0.2) is 30.8 Å². The van der Waals surface area contributed by atoms with E-state index in [0.717, 1.165) is 0 Å². The molecule has 4 N–H and O–H groups in total. The van der Waals surface area contributed by atoms with Crippen molar-refractivity contribution in [1.82, 2.24) is 5.32 Å². The van der Waals surface area contributed by atoms with E-state index < -0.39 is 5.41 Å². The molecule has 0 aliphatic rings. The van der Waals surface area contributed by atoms with Crippen molar-refractivity contribution in [3.05, 3.63) is 54.1 Å². The average molecular weight is 396 g/mol. The summed E-state index contributed by atoms with van der Waals surface area (Å²) in [7, 11) is 0. The van der Waals surface area contributed by atoms with Gasteiger partial charge in [-0.05, 0) is 43.3 Å². The summed E-state index contributed by atoms with van der Waals surface area (Å²) in [5, 5.41) is 11.4. The highest BCUT2D eigenvalue weighted by molar-refractivity contribution is 5.98. The number of rotatable bonds is 7. The number of nitrogens with one attached hydrogen (secondary N) is 4. The number of anilines is 3. The number of carbonyl (C=O) groups is 3. The van der Waals surface area contributed by atoms with Crippen molar-refractivity contribution in [3.8, 4) is 0 Å². The lowest BCUT2D eigenvalue weighted by atomic mass is 9.95. The molecule has 2 rings (SSSR count). The summed E-state index contributed by atoms with van der Waals surface area (Å²) >= 11 is 0. The van der Waals surface area contributed by atoms with Crippen LogP contribution in [0.5, 0.6) is 0 Å². The molecule has 2 aromatic carbocycles. The molecule has 29 heavy (non-hydrogen) atoms. The van der Waals surface area contributed by atoms with Crippen LogP contribution in [0.1, 0.15) is 38.1 Å². The SMILES string of the molecule is CCNC(=O)c1cccc(NC(=O)CNc2cccc(NC(=O)C(C)(C)C)c2)c1. The Bertz CT molecular complexity index is 888. The van der Waals surface area contributed by atoms with Gasteiger partial charge < -0.3 is 21.3 Å². The van der Waals surface area contributed by atoms with E-state index in [4.69, 9.17) is 0 Å². The van der Waals surface area contributed by atoms with Gasteiger partial charge in [0.15, 0.2) is 0 Å². The lowest BCUT2D eigenvalue weighted by Crippen LogP contribution is -2.27. The first kappa shape index (κ1) is 21.9. The zero-order valence-corrected chi connectivity index (χ0v) is 17.3. The van der Waals surface area contributed by atoms with E-state index in [1.807, 2.05) is 33.8 Å². The van der Waals surface area contributed by atoms with E-state index in [9.17, 15) is 14.4 Å². The van der Waals surface area contributed by atoms with Gasteiger partial charge in [0, 0.05) is 34.6 Å². The Morgan fingerprint density at radius 2 is 1.48 bits per heavy atom. The highest BCUT2D eigenvalue weighted by atomic mass is 16.2. The number of carbonyl (C=O) groups excluding carboxylic acids is 3. The monoisotopic (exact) mass is 396 g/mol. The summed E-state index contributed by atoms with van der Waals surface area (Å²) in [6.45, 7) is 7.95. The average Bonchev–Trinajstić information content (AvgIpc) is 2.66. The van der Waals surface area contributed by atoms with Gasteiger partial charge in [-0.15, -0.1) is 0 Å². The number of amides is 3. The summed E-state index contributed by atoms with van der Waals surface area (Å²) in [6.07, 6.45) is 0. The predicted molar refractivity (Wildman–Crippen MR) is 116 cm³/mol. The van der Waals surface area contributed by atoms with E-state index in [1.165, 1.54) is 0 Å². The molecule has 0 fully saturated rings. The third-order valence-corrected chi connectivity index (χ3v) is 4.00. The molecule has 3 amide bonds. The lowest BCUT2D eigenvalue weighted by molar-refractivity contribution is -0.123. The Hall–Kier alpha value is -3.35. The van der Waals surface area contributed by atoms with Crippen molar-refractivity contribution in [2.24, 2.45) is 5.41 Å². The Kier molecular flexibility index (Phi) is 7.36. The first-order valence-corrected chi connectivity index (χ1v) is 9.52. The fourth-order valence-corrected chi connectivity index (χ4v) is 2.41. The van der Waals surface area contributed by atoms with Crippen LogP contribution in [0.2, 0.25) is 0 Å². The van der Waals surface area contributed by atoms with Crippen molar-refractivity contribution in [2.75, 3.05) is 29.0 Å². The molecule has 0 bridgehead atoms. The highest BCUT2D eigenvalue weighted by Gasteiger charge is 2.21. The summed E-state index contributed by atoms with van der Waals surface area (Å²) in [6, 6.07) is 13.9. The molecule has 0 unspecified atom stereocenters. The Labute approximate surface area is 171 Å². The summed E-state index contributed by atoms with van der Waals surface area (Å²) in [5.74, 6) is -0.516. The van der Waals surface area contributed by atoms with E-state index in [0.29, 0.717) is 29.2 Å².